The van der Waals surface area contributed by atoms with E-state index in [1.807, 2.05) is 51.1 Å². The number of amides is 2. The molecule has 2 N–H and O–H groups in total. The minimum Gasteiger partial charge on any atom is -0.345 e. The van der Waals surface area contributed by atoms with E-state index >= 15 is 0 Å². The number of nitrogens with one attached hydrogen (secondary N) is 2. The van der Waals surface area contributed by atoms with Crippen LogP contribution in [0.2, 0.25) is 0 Å². The Morgan fingerprint density at radius 2 is 1.88 bits per heavy atom. The lowest BCUT2D eigenvalue weighted by molar-refractivity contribution is -0.117. The molecule has 126 valence electrons. The maximum absolute atomic E-state index is 12.6. The van der Waals surface area contributed by atoms with Gasteiger partial charge in [-0.1, -0.05) is 24.3 Å². The monoisotopic (exact) mass is 342 g/mol. The summed E-state index contributed by atoms with van der Waals surface area (Å²) in [4.78, 5) is 25.1. The average Bonchev–Trinajstić information content (AvgIpc) is 3.32. The topological polar surface area (TPSA) is 58.2 Å². The van der Waals surface area contributed by atoms with Crippen molar-refractivity contribution in [1.82, 2.24) is 5.32 Å². The van der Waals surface area contributed by atoms with E-state index in [1.54, 1.807) is 0 Å². The highest BCUT2D eigenvalue weighted by molar-refractivity contribution is 7.18. The molecule has 1 atom stereocenters. The van der Waals surface area contributed by atoms with E-state index < -0.39 is 0 Å². The Kier molecular flexibility index (Phi) is 4.71. The Hall–Kier alpha value is -2.14. The summed E-state index contributed by atoms with van der Waals surface area (Å²) in [5, 5.41) is 6.72. The lowest BCUT2D eigenvalue weighted by atomic mass is 10.0. The highest BCUT2D eigenvalue weighted by Crippen LogP contribution is 2.33. The average molecular weight is 342 g/mol. The number of benzene rings is 1. The molecule has 0 spiro atoms. The Morgan fingerprint density at radius 1 is 1.17 bits per heavy atom. The third-order valence-corrected chi connectivity index (χ3v) is 5.47. The molecule has 3 rings (SSSR count). The maximum Gasteiger partial charge on any atom is 0.262 e. The molecule has 1 aromatic heterocycles. The Morgan fingerprint density at radius 3 is 2.54 bits per heavy atom. The smallest absolute Gasteiger partial charge is 0.262 e. The van der Waals surface area contributed by atoms with Crippen molar-refractivity contribution < 1.29 is 9.59 Å². The molecule has 2 amide bonds. The van der Waals surface area contributed by atoms with Gasteiger partial charge in [-0.05, 0) is 56.4 Å². The predicted octanol–water partition coefficient (Wildman–Crippen LogP) is 4.20. The van der Waals surface area contributed by atoms with Crippen molar-refractivity contribution in [3.63, 3.8) is 0 Å². The molecule has 5 heteroatoms. The number of hydrogen-bond donors (Lipinski definition) is 2. The third-order valence-electron chi connectivity index (χ3n) is 4.32. The van der Waals surface area contributed by atoms with E-state index in [4.69, 9.17) is 0 Å². The van der Waals surface area contributed by atoms with Crippen LogP contribution < -0.4 is 10.6 Å². The van der Waals surface area contributed by atoms with Crippen molar-refractivity contribution in [2.45, 2.75) is 39.7 Å². The standard InChI is InChI=1S/C19H22N2O2S/c1-11-6-4-5-7-15(11)13(3)20-19(23)17-12(2)10-16(24-17)21-18(22)14-8-9-14/h4-7,10,13-14H,8-9H2,1-3H3,(H,20,23)(H,21,22)/t13-/m1/s1. The van der Waals surface area contributed by atoms with Crippen molar-refractivity contribution in [2.75, 3.05) is 5.32 Å². The van der Waals surface area contributed by atoms with Crippen LogP contribution in [0.3, 0.4) is 0 Å². The Labute approximate surface area is 146 Å². The summed E-state index contributed by atoms with van der Waals surface area (Å²) < 4.78 is 0. The van der Waals surface area contributed by atoms with Crippen LogP contribution in [0.5, 0.6) is 0 Å². The molecule has 2 aromatic rings. The van der Waals surface area contributed by atoms with Gasteiger partial charge in [-0.25, -0.2) is 0 Å². The van der Waals surface area contributed by atoms with Gasteiger partial charge in [0, 0.05) is 5.92 Å². The zero-order valence-corrected chi connectivity index (χ0v) is 15.0. The molecule has 1 aliphatic carbocycles. The van der Waals surface area contributed by atoms with Crippen LogP contribution >= 0.6 is 11.3 Å². The van der Waals surface area contributed by atoms with Crippen LogP contribution in [0, 0.1) is 19.8 Å². The molecular formula is C19H22N2O2S. The predicted molar refractivity (Wildman–Crippen MR) is 97.5 cm³/mol. The fourth-order valence-corrected chi connectivity index (χ4v) is 3.73. The van der Waals surface area contributed by atoms with Crippen molar-refractivity contribution in [3.05, 3.63) is 51.9 Å². The van der Waals surface area contributed by atoms with E-state index in [2.05, 4.69) is 10.6 Å². The number of carbonyl (C=O) groups is 2. The van der Waals surface area contributed by atoms with Crippen molar-refractivity contribution in [1.29, 1.82) is 0 Å². The molecule has 1 aromatic carbocycles. The minimum absolute atomic E-state index is 0.0651. The number of carbonyl (C=O) groups excluding carboxylic acids is 2. The van der Waals surface area contributed by atoms with Gasteiger partial charge in [-0.2, -0.15) is 0 Å². The molecule has 0 unspecified atom stereocenters. The fraction of sp³-hybridized carbons (Fsp3) is 0.368. The first-order valence-electron chi connectivity index (χ1n) is 8.23. The van der Waals surface area contributed by atoms with Gasteiger partial charge in [0.2, 0.25) is 5.91 Å². The second-order valence-electron chi connectivity index (χ2n) is 6.44. The minimum atomic E-state index is -0.0971. The lowest BCUT2D eigenvalue weighted by Crippen LogP contribution is -2.26. The van der Waals surface area contributed by atoms with Gasteiger partial charge >= 0.3 is 0 Å². The SMILES string of the molecule is Cc1ccccc1[C@@H](C)NC(=O)c1sc(NC(=O)C2CC2)cc1C. The van der Waals surface area contributed by atoms with Crippen LogP contribution in [0.1, 0.15) is 52.2 Å². The Bertz CT molecular complexity index is 777. The number of hydrogen-bond acceptors (Lipinski definition) is 3. The first-order valence-corrected chi connectivity index (χ1v) is 9.05. The zero-order chi connectivity index (χ0) is 17.3. The zero-order valence-electron chi connectivity index (χ0n) is 14.2. The summed E-state index contributed by atoms with van der Waals surface area (Å²) in [5.41, 5.74) is 3.16. The van der Waals surface area contributed by atoms with E-state index in [0.717, 1.165) is 34.5 Å². The van der Waals surface area contributed by atoms with Gasteiger partial charge in [0.1, 0.15) is 0 Å². The van der Waals surface area contributed by atoms with Crippen LogP contribution in [-0.2, 0) is 4.79 Å². The van der Waals surface area contributed by atoms with Gasteiger partial charge < -0.3 is 10.6 Å². The third kappa shape index (κ3) is 3.67. The molecule has 1 saturated carbocycles. The molecule has 0 radical (unpaired) electrons. The molecule has 0 bridgehead atoms. The molecular weight excluding hydrogens is 320 g/mol. The van der Waals surface area contributed by atoms with Gasteiger partial charge in [0.15, 0.2) is 0 Å². The van der Waals surface area contributed by atoms with Crippen LogP contribution in [0.15, 0.2) is 30.3 Å². The van der Waals surface area contributed by atoms with E-state index in [9.17, 15) is 9.59 Å². The van der Waals surface area contributed by atoms with E-state index in [1.165, 1.54) is 11.3 Å². The van der Waals surface area contributed by atoms with Crippen molar-refractivity contribution in [3.8, 4) is 0 Å². The summed E-state index contributed by atoms with van der Waals surface area (Å²) in [5.74, 6) is 0.127. The molecule has 1 aliphatic rings. The van der Waals surface area contributed by atoms with Crippen LogP contribution in [0.25, 0.3) is 0 Å². The van der Waals surface area contributed by atoms with Gasteiger partial charge in [0.25, 0.3) is 5.91 Å². The van der Waals surface area contributed by atoms with Crippen LogP contribution in [0.4, 0.5) is 5.00 Å². The highest BCUT2D eigenvalue weighted by atomic mass is 32.1. The first kappa shape index (κ1) is 16.7. The summed E-state index contributed by atoms with van der Waals surface area (Å²) in [6.45, 7) is 5.93. The van der Waals surface area contributed by atoms with Crippen LogP contribution in [-0.4, -0.2) is 11.8 Å². The quantitative estimate of drug-likeness (QED) is 0.855. The second kappa shape index (κ2) is 6.77. The maximum atomic E-state index is 12.6. The number of aryl methyl sites for hydroxylation is 2. The van der Waals surface area contributed by atoms with E-state index in [0.29, 0.717) is 4.88 Å². The fourth-order valence-electron chi connectivity index (χ4n) is 2.75. The lowest BCUT2D eigenvalue weighted by Gasteiger charge is -2.16. The second-order valence-corrected chi connectivity index (χ2v) is 7.49. The molecule has 24 heavy (non-hydrogen) atoms. The van der Waals surface area contributed by atoms with Gasteiger partial charge in [-0.3, -0.25) is 9.59 Å². The summed E-state index contributed by atoms with van der Waals surface area (Å²) in [6.07, 6.45) is 1.94. The van der Waals surface area contributed by atoms with Crippen molar-refractivity contribution >= 4 is 28.2 Å². The summed E-state index contributed by atoms with van der Waals surface area (Å²) in [7, 11) is 0. The van der Waals surface area contributed by atoms with E-state index in [-0.39, 0.29) is 23.8 Å². The summed E-state index contributed by atoms with van der Waals surface area (Å²) in [6, 6.07) is 9.85. The van der Waals surface area contributed by atoms with Crippen molar-refractivity contribution in [2.24, 2.45) is 5.92 Å². The molecule has 1 fully saturated rings. The Balaban J connectivity index is 1.69. The first-order chi connectivity index (χ1) is 11.5. The van der Waals surface area contributed by atoms with Gasteiger partial charge in [0.05, 0.1) is 15.9 Å². The number of thiophene rings is 1. The summed E-state index contributed by atoms with van der Waals surface area (Å²) >= 11 is 1.34. The number of rotatable bonds is 5. The largest absolute Gasteiger partial charge is 0.345 e. The molecule has 0 aliphatic heterocycles. The normalized spacial score (nSPS) is 15.0. The molecule has 4 nitrogen and oxygen atoms in total. The number of anilines is 1. The molecule has 1 heterocycles. The molecule has 0 saturated heterocycles. The highest BCUT2D eigenvalue weighted by Gasteiger charge is 2.30. The van der Waals surface area contributed by atoms with Gasteiger partial charge in [-0.15, -0.1) is 11.3 Å².